The molecule has 0 saturated heterocycles. The Morgan fingerprint density at radius 2 is 1.85 bits per heavy atom. The molecule has 0 radical (unpaired) electrons. The molecule has 0 aromatic heterocycles. The zero-order chi connectivity index (χ0) is 23.5. The van der Waals surface area contributed by atoms with Gasteiger partial charge in [-0.2, -0.15) is 0 Å². The number of carbonyl (C=O) groups is 2. The Balaban J connectivity index is 1.63. The van der Waals surface area contributed by atoms with E-state index in [1.165, 1.54) is 11.1 Å². The summed E-state index contributed by atoms with van der Waals surface area (Å²) < 4.78 is 6.17. The molecule has 176 valence electrons. The van der Waals surface area contributed by atoms with Crippen molar-refractivity contribution >= 4 is 11.8 Å². The van der Waals surface area contributed by atoms with Crippen LogP contribution in [0.4, 0.5) is 0 Å². The molecule has 2 atom stereocenters. The van der Waals surface area contributed by atoms with Gasteiger partial charge < -0.3 is 15.0 Å². The number of carbonyl (C=O) groups excluding carboxylic acids is 2. The third-order valence-corrected chi connectivity index (χ3v) is 6.57. The normalized spacial score (nSPS) is 18.6. The lowest BCUT2D eigenvalue weighted by Crippen LogP contribution is -2.41. The summed E-state index contributed by atoms with van der Waals surface area (Å²) in [4.78, 5) is 27.9. The van der Waals surface area contributed by atoms with Gasteiger partial charge in [0.1, 0.15) is 5.75 Å². The maximum atomic E-state index is 13.2. The van der Waals surface area contributed by atoms with Crippen LogP contribution in [-0.4, -0.2) is 35.9 Å². The van der Waals surface area contributed by atoms with Gasteiger partial charge in [-0.1, -0.05) is 56.7 Å². The van der Waals surface area contributed by atoms with Gasteiger partial charge in [0.25, 0.3) is 5.91 Å². The molecule has 2 aliphatic rings. The Bertz CT molecular complexity index is 995. The van der Waals surface area contributed by atoms with E-state index >= 15 is 0 Å². The third kappa shape index (κ3) is 5.40. The Kier molecular flexibility index (Phi) is 7.06. The molecule has 1 aliphatic carbocycles. The van der Waals surface area contributed by atoms with Gasteiger partial charge in [-0.3, -0.25) is 9.59 Å². The molecule has 1 aliphatic heterocycles. The van der Waals surface area contributed by atoms with E-state index in [1.54, 1.807) is 0 Å². The molecule has 1 fully saturated rings. The van der Waals surface area contributed by atoms with Gasteiger partial charge in [0.2, 0.25) is 5.91 Å². The minimum absolute atomic E-state index is 0.0791. The maximum Gasteiger partial charge on any atom is 0.261 e. The van der Waals surface area contributed by atoms with Crippen molar-refractivity contribution in [2.24, 2.45) is 11.8 Å². The van der Waals surface area contributed by atoms with Crippen LogP contribution in [-0.2, 0) is 16.0 Å². The molecule has 2 aromatic carbocycles. The van der Waals surface area contributed by atoms with Crippen molar-refractivity contribution in [1.29, 1.82) is 0 Å². The maximum absolute atomic E-state index is 13.2. The number of hydrogen-bond donors (Lipinski definition) is 1. The number of rotatable bonds is 8. The quantitative estimate of drug-likeness (QED) is 0.631. The highest BCUT2D eigenvalue weighted by Gasteiger charge is 2.39. The van der Waals surface area contributed by atoms with Gasteiger partial charge in [-0.25, -0.2) is 0 Å². The minimum Gasteiger partial charge on any atom is -0.481 e. The third-order valence-electron chi connectivity index (χ3n) is 6.57. The van der Waals surface area contributed by atoms with Gasteiger partial charge in [0.15, 0.2) is 6.10 Å². The van der Waals surface area contributed by atoms with Crippen molar-refractivity contribution in [1.82, 2.24) is 10.2 Å². The fraction of sp³-hybridized carbons (Fsp3) is 0.500. The second-order valence-corrected chi connectivity index (χ2v) is 9.88. The largest absolute Gasteiger partial charge is 0.481 e. The zero-order valence-electron chi connectivity index (χ0n) is 20.3. The number of nitrogens with zero attached hydrogens (tertiary/aromatic N) is 1. The monoisotopic (exact) mass is 448 g/mol. The van der Waals surface area contributed by atoms with Crippen LogP contribution in [0.15, 0.2) is 42.5 Å². The van der Waals surface area contributed by atoms with E-state index in [2.05, 4.69) is 61.3 Å². The van der Waals surface area contributed by atoms with E-state index in [9.17, 15) is 9.59 Å². The average Bonchev–Trinajstić information content (AvgIpc) is 3.66. The predicted octanol–water partition coefficient (Wildman–Crippen LogP) is 4.81. The predicted molar refractivity (Wildman–Crippen MR) is 130 cm³/mol. The van der Waals surface area contributed by atoms with E-state index in [-0.39, 0.29) is 23.8 Å². The summed E-state index contributed by atoms with van der Waals surface area (Å²) in [5.74, 6) is 1.42. The molecule has 2 aromatic rings. The van der Waals surface area contributed by atoms with E-state index in [4.69, 9.17) is 4.74 Å². The molecule has 0 bridgehead atoms. The van der Waals surface area contributed by atoms with Gasteiger partial charge in [-0.05, 0) is 67.3 Å². The first kappa shape index (κ1) is 23.3. The summed E-state index contributed by atoms with van der Waals surface area (Å²) in [6.07, 6.45) is 2.88. The first-order valence-electron chi connectivity index (χ1n) is 12.3. The van der Waals surface area contributed by atoms with Gasteiger partial charge in [0.05, 0.1) is 6.04 Å². The summed E-state index contributed by atoms with van der Waals surface area (Å²) in [5.41, 5.74) is 4.67. The summed E-state index contributed by atoms with van der Waals surface area (Å²) >= 11 is 0. The summed E-state index contributed by atoms with van der Waals surface area (Å²) in [6, 6.07) is 14.5. The molecule has 4 rings (SSSR count). The van der Waals surface area contributed by atoms with E-state index in [0.29, 0.717) is 24.6 Å². The van der Waals surface area contributed by atoms with E-state index in [1.807, 2.05) is 19.1 Å². The number of hydrogen-bond acceptors (Lipinski definition) is 3. The number of nitrogens with one attached hydrogen (secondary N) is 1. The van der Waals surface area contributed by atoms with Gasteiger partial charge >= 0.3 is 0 Å². The van der Waals surface area contributed by atoms with Crippen molar-refractivity contribution in [2.75, 3.05) is 13.1 Å². The number of ether oxygens (including phenoxy) is 1. The molecule has 1 N–H and O–H groups in total. The number of aryl methyl sites for hydroxylation is 1. The zero-order valence-corrected chi connectivity index (χ0v) is 20.3. The van der Waals surface area contributed by atoms with Crippen LogP contribution in [0.3, 0.4) is 0 Å². The standard InChI is InChI=1S/C28H36N2O3/c1-5-25(27(31)29-17-18(2)3)33-23-13-12-20-14-15-30(28(32)22-10-11-22)26(24(20)16-23)21-8-6-19(4)7-9-21/h6-9,12-13,16,18,22,25-26H,5,10-11,14-15,17H2,1-4H3,(H,29,31)/t25-,26-/m0/s1. The summed E-state index contributed by atoms with van der Waals surface area (Å²) in [5, 5.41) is 2.98. The highest BCUT2D eigenvalue weighted by atomic mass is 16.5. The number of benzene rings is 2. The molecule has 1 heterocycles. The minimum atomic E-state index is -0.535. The van der Waals surface area contributed by atoms with Crippen molar-refractivity contribution in [3.05, 3.63) is 64.7 Å². The first-order chi connectivity index (χ1) is 15.9. The Morgan fingerprint density at radius 1 is 1.12 bits per heavy atom. The van der Waals surface area contributed by atoms with Crippen LogP contribution in [0.25, 0.3) is 0 Å². The summed E-state index contributed by atoms with van der Waals surface area (Å²) in [6.45, 7) is 9.56. The highest BCUT2D eigenvalue weighted by Crippen LogP contribution is 2.41. The smallest absolute Gasteiger partial charge is 0.261 e. The van der Waals surface area contributed by atoms with E-state index < -0.39 is 6.10 Å². The molecule has 0 spiro atoms. The van der Waals surface area contributed by atoms with Crippen LogP contribution in [0, 0.1) is 18.8 Å². The highest BCUT2D eigenvalue weighted by molar-refractivity contribution is 5.82. The first-order valence-corrected chi connectivity index (χ1v) is 12.3. The lowest BCUT2D eigenvalue weighted by Gasteiger charge is -2.38. The second kappa shape index (κ2) is 9.98. The molecular weight excluding hydrogens is 412 g/mol. The average molecular weight is 449 g/mol. The van der Waals surface area contributed by atoms with Crippen LogP contribution >= 0.6 is 0 Å². The van der Waals surface area contributed by atoms with Crippen LogP contribution in [0.2, 0.25) is 0 Å². The Labute approximate surface area is 197 Å². The fourth-order valence-corrected chi connectivity index (χ4v) is 4.48. The molecule has 5 nitrogen and oxygen atoms in total. The van der Waals surface area contributed by atoms with Crippen molar-refractivity contribution in [3.63, 3.8) is 0 Å². The lowest BCUT2D eigenvalue weighted by atomic mass is 9.87. The Hall–Kier alpha value is -2.82. The van der Waals surface area contributed by atoms with Crippen LogP contribution in [0.5, 0.6) is 5.75 Å². The second-order valence-electron chi connectivity index (χ2n) is 9.88. The number of amides is 2. The molecular formula is C28H36N2O3. The molecule has 33 heavy (non-hydrogen) atoms. The van der Waals surface area contributed by atoms with Gasteiger partial charge in [-0.15, -0.1) is 0 Å². The van der Waals surface area contributed by atoms with Crippen molar-refractivity contribution in [2.45, 2.75) is 65.5 Å². The molecule has 0 unspecified atom stereocenters. The van der Waals surface area contributed by atoms with Crippen LogP contribution < -0.4 is 10.1 Å². The molecule has 2 amide bonds. The van der Waals surface area contributed by atoms with Gasteiger partial charge in [0, 0.05) is 19.0 Å². The van der Waals surface area contributed by atoms with Crippen molar-refractivity contribution < 1.29 is 14.3 Å². The fourth-order valence-electron chi connectivity index (χ4n) is 4.48. The van der Waals surface area contributed by atoms with E-state index in [0.717, 1.165) is 36.9 Å². The SMILES string of the molecule is CC[C@H](Oc1ccc2c(c1)[C@H](c1ccc(C)cc1)N(C(=O)C1CC1)CC2)C(=O)NCC(C)C. The topological polar surface area (TPSA) is 58.6 Å². The lowest BCUT2D eigenvalue weighted by molar-refractivity contribution is -0.134. The summed E-state index contributed by atoms with van der Waals surface area (Å²) in [7, 11) is 0. The Morgan fingerprint density at radius 3 is 2.48 bits per heavy atom. The van der Waals surface area contributed by atoms with Crippen molar-refractivity contribution in [3.8, 4) is 5.75 Å². The van der Waals surface area contributed by atoms with Crippen LogP contribution in [0.1, 0.15) is 68.3 Å². The molecule has 1 saturated carbocycles. The molecule has 5 heteroatoms. The number of fused-ring (bicyclic) bond motifs is 1.